The van der Waals surface area contributed by atoms with Crippen LogP contribution in [0.4, 0.5) is 15.8 Å². The highest BCUT2D eigenvalue weighted by molar-refractivity contribution is 6.31. The van der Waals surface area contributed by atoms with E-state index >= 15 is 0 Å². The minimum atomic E-state index is -0.509. The van der Waals surface area contributed by atoms with Gasteiger partial charge in [-0.3, -0.25) is 9.59 Å². The van der Waals surface area contributed by atoms with Crippen molar-refractivity contribution in [3.63, 3.8) is 0 Å². The molecule has 1 fully saturated rings. The predicted molar refractivity (Wildman–Crippen MR) is 162 cm³/mol. The van der Waals surface area contributed by atoms with Gasteiger partial charge in [-0.05, 0) is 66.2 Å². The van der Waals surface area contributed by atoms with Crippen molar-refractivity contribution in [2.75, 3.05) is 36.4 Å². The average Bonchev–Trinajstić information content (AvgIpc) is 3.46. The Hall–Kier alpha value is -4.33. The van der Waals surface area contributed by atoms with Gasteiger partial charge in [-0.15, -0.1) is 0 Å². The summed E-state index contributed by atoms with van der Waals surface area (Å²) in [7, 11) is 0. The van der Waals surface area contributed by atoms with Crippen LogP contribution >= 0.6 is 23.2 Å². The zero-order valence-electron chi connectivity index (χ0n) is 21.9. The van der Waals surface area contributed by atoms with Crippen molar-refractivity contribution in [2.45, 2.75) is 0 Å². The molecule has 208 valence electrons. The highest BCUT2D eigenvalue weighted by Gasteiger charge is 2.22. The van der Waals surface area contributed by atoms with Crippen LogP contribution in [-0.4, -0.2) is 42.9 Å². The fraction of sp³-hybridized carbons (Fsp3) is 0.125. The molecule has 0 bridgehead atoms. The van der Waals surface area contributed by atoms with Crippen LogP contribution in [0.25, 0.3) is 23.5 Å². The Bertz CT molecular complexity index is 1610. The van der Waals surface area contributed by atoms with Gasteiger partial charge in [0, 0.05) is 48.9 Å². The molecule has 0 atom stereocenters. The standard InChI is InChI=1S/C32H26Cl2FN3O3/c33-24-8-12-29(37-16-18-38(19-17-37)32(40)15-6-22-4-2-1-3-5-22)28(21-24)36-31(39)14-10-25-9-13-30(41-25)23-7-11-27(35)26(34)20-23/h1-15,20-21H,16-19H2,(H,36,39)/b14-10+,15-6+. The molecule has 2 heterocycles. The number of rotatable bonds is 7. The van der Waals surface area contributed by atoms with Crippen molar-refractivity contribution in [3.05, 3.63) is 118 Å². The molecule has 0 aliphatic carbocycles. The first kappa shape index (κ1) is 28.2. The SMILES string of the molecule is O=C(/C=C/c1ccc(-c2ccc(F)c(Cl)c2)o1)Nc1cc(Cl)ccc1N1CCN(C(=O)/C=C/c2ccccc2)CC1. The largest absolute Gasteiger partial charge is 0.457 e. The number of piperazine rings is 1. The van der Waals surface area contributed by atoms with E-state index in [-0.39, 0.29) is 16.8 Å². The van der Waals surface area contributed by atoms with E-state index in [0.29, 0.717) is 54.0 Å². The molecule has 0 saturated carbocycles. The normalized spacial score (nSPS) is 13.7. The lowest BCUT2D eigenvalue weighted by Crippen LogP contribution is -2.48. The molecule has 1 aliphatic heterocycles. The summed E-state index contributed by atoms with van der Waals surface area (Å²) in [6.07, 6.45) is 6.32. The van der Waals surface area contributed by atoms with Crippen molar-refractivity contribution < 1.29 is 18.4 Å². The lowest BCUT2D eigenvalue weighted by Gasteiger charge is -2.36. The lowest BCUT2D eigenvalue weighted by atomic mass is 10.2. The predicted octanol–water partition coefficient (Wildman–Crippen LogP) is 7.41. The Morgan fingerprint density at radius 1 is 0.854 bits per heavy atom. The number of carbonyl (C=O) groups excluding carboxylic acids is 2. The van der Waals surface area contributed by atoms with E-state index in [1.165, 1.54) is 18.2 Å². The molecule has 1 aliphatic rings. The maximum Gasteiger partial charge on any atom is 0.248 e. The summed E-state index contributed by atoms with van der Waals surface area (Å²) in [6.45, 7) is 2.31. The second-order valence-corrected chi connectivity index (χ2v) is 10.2. The molecule has 3 aromatic carbocycles. The van der Waals surface area contributed by atoms with Crippen LogP contribution in [-0.2, 0) is 9.59 Å². The van der Waals surface area contributed by atoms with Gasteiger partial charge in [0.25, 0.3) is 0 Å². The molecule has 1 aromatic heterocycles. The Morgan fingerprint density at radius 3 is 2.39 bits per heavy atom. The van der Waals surface area contributed by atoms with Gasteiger partial charge >= 0.3 is 0 Å². The summed E-state index contributed by atoms with van der Waals surface area (Å²) in [5.74, 6) is 0.0369. The highest BCUT2D eigenvalue weighted by atomic mass is 35.5. The molecular weight excluding hydrogens is 564 g/mol. The second kappa shape index (κ2) is 12.9. The molecule has 4 aromatic rings. The van der Waals surface area contributed by atoms with E-state index in [0.717, 1.165) is 11.3 Å². The fourth-order valence-electron chi connectivity index (χ4n) is 4.47. The van der Waals surface area contributed by atoms with Gasteiger partial charge in [0.2, 0.25) is 11.8 Å². The second-order valence-electron chi connectivity index (χ2n) is 9.37. The molecule has 0 unspecified atom stereocenters. The molecule has 0 radical (unpaired) electrons. The lowest BCUT2D eigenvalue weighted by molar-refractivity contribution is -0.126. The van der Waals surface area contributed by atoms with Gasteiger partial charge in [-0.2, -0.15) is 0 Å². The van der Waals surface area contributed by atoms with E-state index in [1.54, 1.807) is 42.5 Å². The molecule has 1 N–H and O–H groups in total. The van der Waals surface area contributed by atoms with E-state index in [2.05, 4.69) is 10.2 Å². The fourth-order valence-corrected chi connectivity index (χ4v) is 4.82. The maximum absolute atomic E-state index is 13.5. The van der Waals surface area contributed by atoms with Crippen LogP contribution < -0.4 is 10.2 Å². The van der Waals surface area contributed by atoms with Gasteiger partial charge in [-0.25, -0.2) is 4.39 Å². The van der Waals surface area contributed by atoms with Crippen LogP contribution in [0, 0.1) is 5.82 Å². The van der Waals surface area contributed by atoms with E-state index in [9.17, 15) is 14.0 Å². The van der Waals surface area contributed by atoms with Gasteiger partial charge < -0.3 is 19.5 Å². The Labute approximate surface area is 247 Å². The first-order chi connectivity index (χ1) is 19.9. The minimum Gasteiger partial charge on any atom is -0.457 e. The number of halogens is 3. The molecule has 0 spiro atoms. The number of benzene rings is 3. The summed E-state index contributed by atoms with van der Waals surface area (Å²) in [6, 6.07) is 22.8. The van der Waals surface area contributed by atoms with E-state index in [4.69, 9.17) is 27.6 Å². The summed E-state index contributed by atoms with van der Waals surface area (Å²) in [5.41, 5.74) is 2.98. The average molecular weight is 590 g/mol. The number of furan rings is 1. The Morgan fingerprint density at radius 2 is 1.63 bits per heavy atom. The summed E-state index contributed by atoms with van der Waals surface area (Å²) in [4.78, 5) is 29.4. The van der Waals surface area contributed by atoms with Crippen molar-refractivity contribution in [1.29, 1.82) is 0 Å². The molecule has 6 nitrogen and oxygen atoms in total. The monoisotopic (exact) mass is 589 g/mol. The van der Waals surface area contributed by atoms with Gasteiger partial charge in [-0.1, -0.05) is 53.5 Å². The summed E-state index contributed by atoms with van der Waals surface area (Å²) in [5, 5.41) is 3.39. The van der Waals surface area contributed by atoms with E-state index in [1.807, 2.05) is 47.4 Å². The summed E-state index contributed by atoms with van der Waals surface area (Å²) < 4.78 is 19.2. The molecule has 5 rings (SSSR count). The molecule has 2 amide bonds. The van der Waals surface area contributed by atoms with Crippen LogP contribution in [0.15, 0.2) is 95.4 Å². The topological polar surface area (TPSA) is 65.8 Å². The summed E-state index contributed by atoms with van der Waals surface area (Å²) >= 11 is 12.1. The number of carbonyl (C=O) groups is 2. The first-order valence-corrected chi connectivity index (χ1v) is 13.7. The number of nitrogens with one attached hydrogen (secondary N) is 1. The van der Waals surface area contributed by atoms with Gasteiger partial charge in [0.1, 0.15) is 17.3 Å². The number of nitrogens with zero attached hydrogens (tertiary/aromatic N) is 2. The smallest absolute Gasteiger partial charge is 0.248 e. The zero-order valence-corrected chi connectivity index (χ0v) is 23.4. The molecular formula is C32H26Cl2FN3O3. The van der Waals surface area contributed by atoms with Crippen molar-refractivity contribution in [1.82, 2.24) is 4.90 Å². The minimum absolute atomic E-state index is 0.000560. The first-order valence-electron chi connectivity index (χ1n) is 13.0. The third kappa shape index (κ3) is 7.25. The van der Waals surface area contributed by atoms with Crippen LogP contribution in [0.2, 0.25) is 10.0 Å². The third-order valence-electron chi connectivity index (χ3n) is 6.60. The Balaban J connectivity index is 1.20. The van der Waals surface area contributed by atoms with Gasteiger partial charge in [0.05, 0.1) is 16.4 Å². The zero-order chi connectivity index (χ0) is 28.8. The van der Waals surface area contributed by atoms with Crippen molar-refractivity contribution in [2.24, 2.45) is 0 Å². The van der Waals surface area contributed by atoms with Gasteiger partial charge in [0.15, 0.2) is 0 Å². The molecule has 1 saturated heterocycles. The molecule has 9 heteroatoms. The van der Waals surface area contributed by atoms with Crippen LogP contribution in [0.3, 0.4) is 0 Å². The number of anilines is 2. The van der Waals surface area contributed by atoms with Crippen molar-refractivity contribution >= 4 is 58.5 Å². The van der Waals surface area contributed by atoms with Crippen LogP contribution in [0.1, 0.15) is 11.3 Å². The number of hydrogen-bond donors (Lipinski definition) is 1. The maximum atomic E-state index is 13.5. The van der Waals surface area contributed by atoms with Crippen LogP contribution in [0.5, 0.6) is 0 Å². The highest BCUT2D eigenvalue weighted by Crippen LogP contribution is 2.31. The Kier molecular flexibility index (Phi) is 8.87. The number of amides is 2. The number of hydrogen-bond acceptors (Lipinski definition) is 4. The molecule has 41 heavy (non-hydrogen) atoms. The van der Waals surface area contributed by atoms with Crippen molar-refractivity contribution in [3.8, 4) is 11.3 Å². The third-order valence-corrected chi connectivity index (χ3v) is 7.12. The quantitative estimate of drug-likeness (QED) is 0.228. The van der Waals surface area contributed by atoms with E-state index < -0.39 is 5.82 Å².